The van der Waals surface area contributed by atoms with Crippen LogP contribution in [0.25, 0.3) is 0 Å². The molecular weight excluding hydrogens is 444 g/mol. The average molecular weight is 477 g/mol. The molecule has 0 aliphatic carbocycles. The molecule has 0 atom stereocenters. The van der Waals surface area contributed by atoms with Crippen LogP contribution in [0.5, 0.6) is 0 Å². The van der Waals surface area contributed by atoms with Crippen LogP contribution >= 0.6 is 0 Å². The Labute approximate surface area is 205 Å². The molecule has 184 valence electrons. The number of aromatic nitrogens is 4. The molecule has 35 heavy (non-hydrogen) atoms. The van der Waals surface area contributed by atoms with E-state index in [4.69, 9.17) is 9.84 Å². The van der Waals surface area contributed by atoms with Gasteiger partial charge in [-0.15, -0.1) is 0 Å². The minimum absolute atomic E-state index is 0.0584. The number of amides is 2. The molecule has 0 saturated carbocycles. The van der Waals surface area contributed by atoms with Crippen LogP contribution in [0.4, 0.5) is 0 Å². The molecule has 2 amide bonds. The molecular formula is C26H32N6O3. The largest absolute Gasteiger partial charge is 0.378 e. The number of hydrogen-bond donors (Lipinski definition) is 0. The molecule has 4 heterocycles. The molecule has 3 aromatic rings. The Hall–Kier alpha value is -3.46. The van der Waals surface area contributed by atoms with E-state index >= 15 is 0 Å². The van der Waals surface area contributed by atoms with Gasteiger partial charge in [-0.25, -0.2) is 0 Å². The van der Waals surface area contributed by atoms with Crippen LogP contribution in [-0.4, -0.2) is 74.0 Å². The van der Waals surface area contributed by atoms with Crippen molar-refractivity contribution in [3.05, 3.63) is 70.8 Å². The summed E-state index contributed by atoms with van der Waals surface area (Å²) in [6, 6.07) is 10.4. The molecule has 9 nitrogen and oxygen atoms in total. The van der Waals surface area contributed by atoms with E-state index < -0.39 is 0 Å². The summed E-state index contributed by atoms with van der Waals surface area (Å²) in [7, 11) is 0. The summed E-state index contributed by atoms with van der Waals surface area (Å²) in [5.41, 5.74) is 4.30. The van der Waals surface area contributed by atoms with E-state index in [1.807, 2.05) is 27.5 Å². The molecule has 1 fully saturated rings. The van der Waals surface area contributed by atoms with E-state index in [0.29, 0.717) is 63.6 Å². The van der Waals surface area contributed by atoms with Gasteiger partial charge in [0.15, 0.2) is 5.69 Å². The molecule has 5 rings (SSSR count). The average Bonchev–Trinajstić information content (AvgIpc) is 3.54. The van der Waals surface area contributed by atoms with E-state index in [1.165, 1.54) is 5.56 Å². The van der Waals surface area contributed by atoms with Gasteiger partial charge in [-0.05, 0) is 25.3 Å². The predicted molar refractivity (Wildman–Crippen MR) is 130 cm³/mol. The number of fused-ring (bicyclic) bond motifs is 1. The molecule has 0 unspecified atom stereocenters. The third-order valence-electron chi connectivity index (χ3n) is 6.80. The number of hydrogen-bond acceptors (Lipinski definition) is 5. The second-order valence-corrected chi connectivity index (χ2v) is 9.05. The van der Waals surface area contributed by atoms with Gasteiger partial charge in [-0.1, -0.05) is 30.3 Å². The van der Waals surface area contributed by atoms with Crippen molar-refractivity contribution in [1.29, 1.82) is 0 Å². The van der Waals surface area contributed by atoms with Crippen molar-refractivity contribution in [2.45, 2.75) is 45.8 Å². The van der Waals surface area contributed by atoms with Gasteiger partial charge in [-0.2, -0.15) is 10.2 Å². The molecule has 0 spiro atoms. The first-order valence-corrected chi connectivity index (χ1v) is 12.4. The van der Waals surface area contributed by atoms with E-state index in [-0.39, 0.29) is 11.8 Å². The molecule has 2 aromatic heterocycles. The summed E-state index contributed by atoms with van der Waals surface area (Å²) in [6.45, 7) is 6.63. The lowest BCUT2D eigenvalue weighted by molar-refractivity contribution is 0.0296. The van der Waals surface area contributed by atoms with Crippen molar-refractivity contribution >= 4 is 11.8 Å². The van der Waals surface area contributed by atoms with Gasteiger partial charge in [0, 0.05) is 56.6 Å². The third-order valence-corrected chi connectivity index (χ3v) is 6.80. The highest BCUT2D eigenvalue weighted by atomic mass is 16.5. The van der Waals surface area contributed by atoms with Crippen LogP contribution < -0.4 is 0 Å². The van der Waals surface area contributed by atoms with Crippen molar-refractivity contribution < 1.29 is 14.3 Å². The van der Waals surface area contributed by atoms with Gasteiger partial charge in [0.25, 0.3) is 11.8 Å². The molecule has 1 aromatic carbocycles. The molecule has 0 N–H and O–H groups in total. The van der Waals surface area contributed by atoms with Gasteiger partial charge in [0.2, 0.25) is 0 Å². The van der Waals surface area contributed by atoms with Crippen LogP contribution in [-0.2, 0) is 37.2 Å². The minimum atomic E-state index is -0.0699. The fourth-order valence-electron chi connectivity index (χ4n) is 4.84. The topological polar surface area (TPSA) is 85.5 Å². The molecule has 2 aliphatic rings. The van der Waals surface area contributed by atoms with Crippen LogP contribution in [0.1, 0.15) is 51.0 Å². The number of rotatable bonds is 7. The normalized spacial score (nSPS) is 15.8. The zero-order chi connectivity index (χ0) is 24.2. The second-order valence-electron chi connectivity index (χ2n) is 9.05. The highest BCUT2D eigenvalue weighted by Crippen LogP contribution is 2.26. The van der Waals surface area contributed by atoms with E-state index in [2.05, 4.69) is 29.4 Å². The lowest BCUT2D eigenvalue weighted by Crippen LogP contribution is -2.42. The van der Waals surface area contributed by atoms with E-state index in [1.54, 1.807) is 17.1 Å². The summed E-state index contributed by atoms with van der Waals surface area (Å²) >= 11 is 0. The van der Waals surface area contributed by atoms with Crippen LogP contribution in [0.2, 0.25) is 0 Å². The smallest absolute Gasteiger partial charge is 0.274 e. The van der Waals surface area contributed by atoms with E-state index in [0.717, 1.165) is 30.6 Å². The number of ether oxygens (including phenoxy) is 1. The lowest BCUT2D eigenvalue weighted by Gasteiger charge is -2.29. The number of carbonyl (C=O) groups is 2. The SMILES string of the molecule is CCn1cc(C(=O)N2CCc3c(c(C(=O)N4CCOCC4)nn3CCCc3ccccc3)C2)cn1. The lowest BCUT2D eigenvalue weighted by atomic mass is 10.0. The molecule has 1 saturated heterocycles. The molecule has 0 radical (unpaired) electrons. The molecule has 2 aliphatic heterocycles. The Kier molecular flexibility index (Phi) is 6.94. The first-order valence-electron chi connectivity index (χ1n) is 12.4. The van der Waals surface area contributed by atoms with Crippen molar-refractivity contribution in [3.8, 4) is 0 Å². The van der Waals surface area contributed by atoms with Crippen molar-refractivity contribution in [2.75, 3.05) is 32.8 Å². The quantitative estimate of drug-likeness (QED) is 0.523. The first kappa shape index (κ1) is 23.3. The van der Waals surface area contributed by atoms with Gasteiger partial charge in [0.1, 0.15) is 0 Å². The fraction of sp³-hybridized carbons (Fsp3) is 0.462. The predicted octanol–water partition coefficient (Wildman–Crippen LogP) is 2.40. The minimum Gasteiger partial charge on any atom is -0.378 e. The van der Waals surface area contributed by atoms with Crippen LogP contribution in [0, 0.1) is 0 Å². The maximum Gasteiger partial charge on any atom is 0.274 e. The summed E-state index contributed by atoms with van der Waals surface area (Å²) in [5, 5.41) is 9.06. The van der Waals surface area contributed by atoms with Gasteiger partial charge in [0.05, 0.1) is 31.5 Å². The summed E-state index contributed by atoms with van der Waals surface area (Å²) in [4.78, 5) is 30.3. The number of aryl methyl sites for hydroxylation is 3. The summed E-state index contributed by atoms with van der Waals surface area (Å²) < 4.78 is 9.18. The maximum absolute atomic E-state index is 13.4. The molecule has 0 bridgehead atoms. The Morgan fingerprint density at radius 1 is 1.03 bits per heavy atom. The number of benzene rings is 1. The van der Waals surface area contributed by atoms with Crippen molar-refractivity contribution in [1.82, 2.24) is 29.4 Å². The highest BCUT2D eigenvalue weighted by molar-refractivity contribution is 5.96. The van der Waals surface area contributed by atoms with Gasteiger partial charge >= 0.3 is 0 Å². The van der Waals surface area contributed by atoms with Gasteiger partial charge < -0.3 is 14.5 Å². The Balaban J connectivity index is 1.38. The maximum atomic E-state index is 13.4. The first-order chi connectivity index (χ1) is 17.1. The molecule has 9 heteroatoms. The summed E-state index contributed by atoms with van der Waals surface area (Å²) in [6.07, 6.45) is 5.97. The zero-order valence-corrected chi connectivity index (χ0v) is 20.2. The second kappa shape index (κ2) is 10.4. The Morgan fingerprint density at radius 2 is 1.83 bits per heavy atom. The monoisotopic (exact) mass is 476 g/mol. The standard InChI is InChI=1S/C26H32N6O3/c1-2-31-18-21(17-27-31)25(33)30-12-10-23-22(19-30)24(26(34)29-13-15-35-16-14-29)28-32(23)11-6-9-20-7-4-3-5-8-20/h3-5,7-8,17-18H,2,6,9-16,19H2,1H3. The summed E-state index contributed by atoms with van der Waals surface area (Å²) in [5.74, 6) is -0.128. The zero-order valence-electron chi connectivity index (χ0n) is 20.2. The third kappa shape index (κ3) is 5.00. The van der Waals surface area contributed by atoms with E-state index in [9.17, 15) is 9.59 Å². The van der Waals surface area contributed by atoms with Crippen molar-refractivity contribution in [2.24, 2.45) is 0 Å². The fourth-order valence-corrected chi connectivity index (χ4v) is 4.84. The van der Waals surface area contributed by atoms with Crippen molar-refractivity contribution in [3.63, 3.8) is 0 Å². The van der Waals surface area contributed by atoms with Gasteiger partial charge in [-0.3, -0.25) is 19.0 Å². The van der Waals surface area contributed by atoms with Crippen LogP contribution in [0.15, 0.2) is 42.7 Å². The number of nitrogens with zero attached hydrogens (tertiary/aromatic N) is 6. The number of morpholine rings is 1. The Morgan fingerprint density at radius 3 is 2.57 bits per heavy atom. The Bertz CT molecular complexity index is 1180. The number of carbonyl (C=O) groups excluding carboxylic acids is 2. The van der Waals surface area contributed by atoms with Crippen LogP contribution in [0.3, 0.4) is 0 Å². The highest BCUT2D eigenvalue weighted by Gasteiger charge is 2.33.